The van der Waals surface area contributed by atoms with E-state index in [1.165, 1.54) is 4.88 Å². The highest BCUT2D eigenvalue weighted by atomic mass is 35.5. The van der Waals surface area contributed by atoms with E-state index in [2.05, 4.69) is 29.4 Å². The first-order chi connectivity index (χ1) is 10.8. The normalized spacial score (nSPS) is 22.8. The Morgan fingerprint density at radius 3 is 3.09 bits per heavy atom. The van der Waals surface area contributed by atoms with Crippen LogP contribution in [0.2, 0.25) is 5.02 Å². The molecule has 3 nitrogen and oxygen atoms in total. The lowest BCUT2D eigenvalue weighted by Crippen LogP contribution is -2.40. The summed E-state index contributed by atoms with van der Waals surface area (Å²) in [5.41, 5.74) is 2.30. The average molecular weight is 333 g/mol. The number of halogens is 1. The predicted octanol–water partition coefficient (Wildman–Crippen LogP) is 5.07. The molecule has 0 N–H and O–H groups in total. The highest BCUT2D eigenvalue weighted by Gasteiger charge is 2.40. The van der Waals surface area contributed by atoms with Gasteiger partial charge in [0.15, 0.2) is 6.23 Å². The van der Waals surface area contributed by atoms with Gasteiger partial charge in [-0.25, -0.2) is 0 Å². The fourth-order valence-corrected chi connectivity index (χ4v) is 4.06. The zero-order chi connectivity index (χ0) is 15.1. The number of rotatable bonds is 3. The van der Waals surface area contributed by atoms with E-state index in [1.807, 2.05) is 18.2 Å². The summed E-state index contributed by atoms with van der Waals surface area (Å²) in [6.45, 7) is 2.18. The number of thiophene rings is 1. The minimum atomic E-state index is 0.0149. The average Bonchev–Trinajstić information content (AvgIpc) is 3.17. The Hall–Kier alpha value is -1.52. The Labute approximate surface area is 139 Å². The third-order valence-corrected chi connectivity index (χ3v) is 5.33. The van der Waals surface area contributed by atoms with Crippen molar-refractivity contribution in [2.24, 2.45) is 5.10 Å². The monoisotopic (exact) mass is 332 g/mol. The minimum absolute atomic E-state index is 0.0149. The number of ether oxygens (including phenoxy) is 1. The first-order valence-corrected chi connectivity index (χ1v) is 8.88. The largest absolute Gasteiger partial charge is 0.469 e. The molecule has 0 amide bonds. The molecule has 0 fully saturated rings. The number of hydrogen-bond donors (Lipinski definition) is 0. The van der Waals surface area contributed by atoms with Gasteiger partial charge in [-0.2, -0.15) is 5.10 Å². The maximum absolute atomic E-state index is 6.19. The second kappa shape index (κ2) is 5.60. The van der Waals surface area contributed by atoms with Crippen LogP contribution in [0.5, 0.6) is 5.75 Å². The Morgan fingerprint density at radius 2 is 2.32 bits per heavy atom. The van der Waals surface area contributed by atoms with Crippen molar-refractivity contribution in [3.63, 3.8) is 0 Å². The van der Waals surface area contributed by atoms with Crippen molar-refractivity contribution in [3.05, 3.63) is 51.2 Å². The molecule has 5 heteroatoms. The van der Waals surface area contributed by atoms with Crippen LogP contribution in [-0.2, 0) is 0 Å². The smallest absolute Gasteiger partial charge is 0.187 e. The van der Waals surface area contributed by atoms with E-state index in [9.17, 15) is 0 Å². The van der Waals surface area contributed by atoms with Crippen molar-refractivity contribution in [1.29, 1.82) is 0 Å². The van der Waals surface area contributed by atoms with Crippen molar-refractivity contribution in [2.45, 2.75) is 38.5 Å². The molecule has 3 heterocycles. The van der Waals surface area contributed by atoms with E-state index in [-0.39, 0.29) is 12.3 Å². The Balaban J connectivity index is 1.74. The molecule has 0 aliphatic carbocycles. The Morgan fingerprint density at radius 1 is 1.41 bits per heavy atom. The summed E-state index contributed by atoms with van der Waals surface area (Å²) >= 11 is 7.93. The molecule has 4 rings (SSSR count). The van der Waals surface area contributed by atoms with Crippen molar-refractivity contribution in [3.8, 4) is 5.75 Å². The Bertz CT molecular complexity index is 713. The quantitative estimate of drug-likeness (QED) is 0.783. The van der Waals surface area contributed by atoms with E-state index in [4.69, 9.17) is 21.4 Å². The molecule has 0 spiro atoms. The molecule has 2 aliphatic rings. The molecule has 1 aromatic heterocycles. The van der Waals surface area contributed by atoms with Crippen LogP contribution in [0.15, 0.2) is 40.8 Å². The van der Waals surface area contributed by atoms with Gasteiger partial charge >= 0.3 is 0 Å². The van der Waals surface area contributed by atoms with E-state index in [0.717, 1.165) is 41.3 Å². The highest BCUT2D eigenvalue weighted by molar-refractivity contribution is 7.12. The van der Waals surface area contributed by atoms with Gasteiger partial charge in [0.05, 0.1) is 16.6 Å². The van der Waals surface area contributed by atoms with Gasteiger partial charge in [-0.3, -0.25) is 5.01 Å². The van der Waals surface area contributed by atoms with Crippen LogP contribution in [0.1, 0.15) is 42.7 Å². The summed E-state index contributed by atoms with van der Waals surface area (Å²) < 4.78 is 6.17. The van der Waals surface area contributed by atoms with Crippen LogP contribution in [0.3, 0.4) is 0 Å². The van der Waals surface area contributed by atoms with Gasteiger partial charge in [0.25, 0.3) is 0 Å². The molecular formula is C17H17ClN2OS. The lowest BCUT2D eigenvalue weighted by molar-refractivity contribution is -0.0223. The zero-order valence-corrected chi connectivity index (χ0v) is 13.9. The first-order valence-electron chi connectivity index (χ1n) is 7.62. The summed E-state index contributed by atoms with van der Waals surface area (Å²) in [4.78, 5) is 1.24. The van der Waals surface area contributed by atoms with Gasteiger partial charge in [0.1, 0.15) is 5.75 Å². The summed E-state index contributed by atoms with van der Waals surface area (Å²) in [7, 11) is 0. The molecule has 0 bridgehead atoms. The van der Waals surface area contributed by atoms with Crippen LogP contribution in [-0.4, -0.2) is 16.9 Å². The molecule has 0 radical (unpaired) electrons. The van der Waals surface area contributed by atoms with Crippen LogP contribution in [0.25, 0.3) is 0 Å². The predicted molar refractivity (Wildman–Crippen MR) is 90.8 cm³/mol. The summed E-state index contributed by atoms with van der Waals surface area (Å²) in [6, 6.07) is 10.3. The SMILES string of the molecule is CCC[C@H]1Oc2ccc(Cl)cc2[C@@H]2CC(c3cccs3)=NN12. The van der Waals surface area contributed by atoms with Crippen molar-refractivity contribution in [2.75, 3.05) is 0 Å². The van der Waals surface area contributed by atoms with Gasteiger partial charge in [-0.1, -0.05) is 31.0 Å². The molecule has 0 saturated heterocycles. The first kappa shape index (κ1) is 14.1. The maximum atomic E-state index is 6.19. The van der Waals surface area contributed by atoms with Crippen LogP contribution in [0.4, 0.5) is 0 Å². The fraction of sp³-hybridized carbons (Fsp3) is 0.353. The molecule has 2 aliphatic heterocycles. The number of hydrogen-bond acceptors (Lipinski definition) is 4. The van der Waals surface area contributed by atoms with Crippen LogP contribution >= 0.6 is 22.9 Å². The molecule has 0 unspecified atom stereocenters. The lowest BCUT2D eigenvalue weighted by atomic mass is 9.98. The molecule has 2 atom stereocenters. The number of hydrazone groups is 1. The van der Waals surface area contributed by atoms with Gasteiger partial charge in [0.2, 0.25) is 0 Å². The van der Waals surface area contributed by atoms with Crippen molar-refractivity contribution < 1.29 is 4.74 Å². The molecular weight excluding hydrogens is 316 g/mol. The van der Waals surface area contributed by atoms with Gasteiger partial charge in [-0.05, 0) is 29.6 Å². The lowest BCUT2D eigenvalue weighted by Gasteiger charge is -2.38. The minimum Gasteiger partial charge on any atom is -0.469 e. The van der Waals surface area contributed by atoms with Gasteiger partial charge < -0.3 is 4.74 Å². The van der Waals surface area contributed by atoms with Gasteiger partial charge in [-0.15, -0.1) is 11.3 Å². The van der Waals surface area contributed by atoms with E-state index < -0.39 is 0 Å². The second-order valence-electron chi connectivity index (χ2n) is 5.67. The van der Waals surface area contributed by atoms with Crippen LogP contribution < -0.4 is 4.74 Å². The van der Waals surface area contributed by atoms with E-state index in [1.54, 1.807) is 11.3 Å². The highest BCUT2D eigenvalue weighted by Crippen LogP contribution is 2.44. The molecule has 1 aromatic carbocycles. The molecule has 114 valence electrons. The van der Waals surface area contributed by atoms with Crippen molar-refractivity contribution >= 4 is 28.6 Å². The zero-order valence-electron chi connectivity index (χ0n) is 12.3. The molecule has 2 aromatic rings. The molecule has 22 heavy (non-hydrogen) atoms. The number of nitrogens with zero attached hydrogens (tertiary/aromatic N) is 2. The fourth-order valence-electron chi connectivity index (χ4n) is 3.16. The maximum Gasteiger partial charge on any atom is 0.187 e. The number of fused-ring (bicyclic) bond motifs is 3. The number of benzene rings is 1. The molecule has 0 saturated carbocycles. The summed E-state index contributed by atoms with van der Waals surface area (Å²) in [5, 5.41) is 9.86. The second-order valence-corrected chi connectivity index (χ2v) is 7.05. The summed E-state index contributed by atoms with van der Waals surface area (Å²) in [6.07, 6.45) is 2.97. The standard InChI is InChI=1S/C17H17ClN2OS/c1-2-4-17-20-14(10-13(19-20)16-5-3-8-22-16)12-9-11(18)6-7-15(12)21-17/h3,5-9,14,17H,2,4,10H2,1H3/t14-,17+/m0/s1. The van der Waals surface area contributed by atoms with Crippen molar-refractivity contribution in [1.82, 2.24) is 5.01 Å². The Kier molecular flexibility index (Phi) is 3.59. The third kappa shape index (κ3) is 2.31. The topological polar surface area (TPSA) is 24.8 Å². The third-order valence-electron chi connectivity index (χ3n) is 4.17. The summed E-state index contributed by atoms with van der Waals surface area (Å²) in [5.74, 6) is 0.951. The van der Waals surface area contributed by atoms with E-state index >= 15 is 0 Å². The van der Waals surface area contributed by atoms with Gasteiger partial charge in [0, 0.05) is 23.4 Å². The van der Waals surface area contributed by atoms with Crippen LogP contribution in [0, 0.1) is 0 Å². The van der Waals surface area contributed by atoms with E-state index in [0.29, 0.717) is 0 Å².